The van der Waals surface area contributed by atoms with E-state index in [9.17, 15) is 4.79 Å². The van der Waals surface area contributed by atoms with Crippen molar-refractivity contribution in [3.05, 3.63) is 29.8 Å². The lowest BCUT2D eigenvalue weighted by Crippen LogP contribution is -2.58. The van der Waals surface area contributed by atoms with E-state index >= 15 is 0 Å². The molecule has 0 saturated carbocycles. The van der Waals surface area contributed by atoms with Gasteiger partial charge in [0, 0.05) is 10.5 Å². The molecule has 0 spiro atoms. The number of rotatable bonds is 9. The molecule has 5 nitrogen and oxygen atoms in total. The SMILES string of the molecule is CCNC(C(=O)OCC)C1(SCc2ccc(OC)cc2)CCN(C)CC1. The van der Waals surface area contributed by atoms with E-state index in [0.29, 0.717) is 6.61 Å². The molecule has 1 aliphatic heterocycles. The van der Waals surface area contributed by atoms with Crippen molar-refractivity contribution in [1.82, 2.24) is 10.2 Å². The highest BCUT2D eigenvalue weighted by Gasteiger charge is 2.45. The third-order valence-electron chi connectivity index (χ3n) is 4.98. The number of nitrogens with one attached hydrogen (secondary N) is 1. The fraction of sp³-hybridized carbons (Fsp3) is 0.650. The Hall–Kier alpha value is -1.24. The van der Waals surface area contributed by atoms with Crippen LogP contribution in [0, 0.1) is 0 Å². The minimum absolute atomic E-state index is 0.124. The van der Waals surface area contributed by atoms with Gasteiger partial charge in [-0.3, -0.25) is 4.79 Å². The minimum Gasteiger partial charge on any atom is -0.497 e. The summed E-state index contributed by atoms with van der Waals surface area (Å²) in [6.07, 6.45) is 1.95. The second-order valence-electron chi connectivity index (χ2n) is 6.75. The maximum Gasteiger partial charge on any atom is 0.324 e. The van der Waals surface area contributed by atoms with Gasteiger partial charge in [0.05, 0.1) is 13.7 Å². The van der Waals surface area contributed by atoms with E-state index in [4.69, 9.17) is 9.47 Å². The average molecular weight is 381 g/mol. The van der Waals surface area contributed by atoms with E-state index in [1.807, 2.05) is 37.7 Å². The summed E-state index contributed by atoms with van der Waals surface area (Å²) in [6, 6.07) is 7.90. The van der Waals surface area contributed by atoms with Gasteiger partial charge in [0.2, 0.25) is 0 Å². The first kappa shape index (κ1) is 21.1. The Bertz CT molecular complexity index is 557. The summed E-state index contributed by atoms with van der Waals surface area (Å²) in [5.74, 6) is 1.61. The maximum atomic E-state index is 12.7. The third-order valence-corrected chi connectivity index (χ3v) is 6.67. The molecule has 1 aliphatic rings. The first-order valence-corrected chi connectivity index (χ1v) is 10.4. The molecule has 0 bridgehead atoms. The topological polar surface area (TPSA) is 50.8 Å². The van der Waals surface area contributed by atoms with E-state index in [0.717, 1.165) is 44.0 Å². The van der Waals surface area contributed by atoms with Crippen LogP contribution in [-0.2, 0) is 15.3 Å². The van der Waals surface area contributed by atoms with Gasteiger partial charge in [0.25, 0.3) is 0 Å². The lowest BCUT2D eigenvalue weighted by Gasteiger charge is -2.44. The van der Waals surface area contributed by atoms with Crippen LogP contribution in [0.4, 0.5) is 0 Å². The fourth-order valence-electron chi connectivity index (χ4n) is 3.38. The van der Waals surface area contributed by atoms with Crippen molar-refractivity contribution in [1.29, 1.82) is 0 Å². The van der Waals surface area contributed by atoms with Gasteiger partial charge in [0.1, 0.15) is 11.8 Å². The highest BCUT2D eigenvalue weighted by Crippen LogP contribution is 2.41. The van der Waals surface area contributed by atoms with Gasteiger partial charge in [-0.1, -0.05) is 19.1 Å². The second kappa shape index (κ2) is 10.2. The Labute approximate surface area is 161 Å². The number of likely N-dealkylation sites (N-methyl/N-ethyl adjacent to an activating group) is 1. The highest BCUT2D eigenvalue weighted by molar-refractivity contribution is 8.00. The molecule has 1 N–H and O–H groups in total. The van der Waals surface area contributed by atoms with Crippen molar-refractivity contribution in [2.75, 3.05) is 40.4 Å². The first-order chi connectivity index (χ1) is 12.5. The minimum atomic E-state index is -0.274. The van der Waals surface area contributed by atoms with Crippen LogP contribution >= 0.6 is 11.8 Å². The molecule has 0 radical (unpaired) electrons. The van der Waals surface area contributed by atoms with Crippen LogP contribution in [0.5, 0.6) is 5.75 Å². The molecule has 0 amide bonds. The van der Waals surface area contributed by atoms with Crippen molar-refractivity contribution < 1.29 is 14.3 Å². The molecule has 1 aromatic rings. The molecule has 1 atom stereocenters. The number of ether oxygens (including phenoxy) is 2. The zero-order valence-electron chi connectivity index (χ0n) is 16.4. The number of hydrogen-bond donors (Lipinski definition) is 1. The van der Waals surface area contributed by atoms with Gasteiger partial charge in [-0.05, 0) is 64.1 Å². The summed E-state index contributed by atoms with van der Waals surface area (Å²) in [6.45, 7) is 7.08. The van der Waals surface area contributed by atoms with Crippen molar-refractivity contribution >= 4 is 17.7 Å². The number of carbonyl (C=O) groups is 1. The van der Waals surface area contributed by atoms with Gasteiger partial charge < -0.3 is 19.7 Å². The van der Waals surface area contributed by atoms with E-state index in [2.05, 4.69) is 29.4 Å². The van der Waals surface area contributed by atoms with E-state index in [1.54, 1.807) is 7.11 Å². The molecule has 1 aromatic carbocycles. The van der Waals surface area contributed by atoms with Crippen LogP contribution < -0.4 is 10.1 Å². The second-order valence-corrected chi connectivity index (χ2v) is 8.14. The maximum absolute atomic E-state index is 12.7. The summed E-state index contributed by atoms with van der Waals surface area (Å²) in [7, 11) is 3.82. The van der Waals surface area contributed by atoms with Crippen molar-refractivity contribution in [3.8, 4) is 5.75 Å². The molecule has 1 heterocycles. The number of esters is 1. The van der Waals surface area contributed by atoms with Crippen LogP contribution in [0.15, 0.2) is 24.3 Å². The lowest BCUT2D eigenvalue weighted by atomic mass is 9.88. The standard InChI is InChI=1S/C20H32N2O3S/c1-5-21-18(19(23)25-6-2)20(11-13-22(3)14-12-20)26-15-16-7-9-17(24-4)10-8-16/h7-10,18,21H,5-6,11-15H2,1-4H3. The van der Waals surface area contributed by atoms with Crippen LogP contribution in [0.25, 0.3) is 0 Å². The predicted molar refractivity (Wildman–Crippen MR) is 108 cm³/mol. The first-order valence-electron chi connectivity index (χ1n) is 9.40. The highest BCUT2D eigenvalue weighted by atomic mass is 32.2. The van der Waals surface area contributed by atoms with Crippen LogP contribution in [0.2, 0.25) is 0 Å². The van der Waals surface area contributed by atoms with Crippen LogP contribution in [0.3, 0.4) is 0 Å². The Morgan fingerprint density at radius 1 is 1.27 bits per heavy atom. The molecule has 1 fully saturated rings. The summed E-state index contributed by atoms with van der Waals surface area (Å²) in [5, 5.41) is 3.41. The average Bonchev–Trinajstić information content (AvgIpc) is 2.67. The van der Waals surface area contributed by atoms with Gasteiger partial charge in [-0.15, -0.1) is 11.8 Å². The predicted octanol–water partition coefficient (Wildman–Crippen LogP) is 2.93. The number of likely N-dealkylation sites (tertiary alicyclic amines) is 1. The molecule has 1 unspecified atom stereocenters. The monoisotopic (exact) mass is 380 g/mol. The molecule has 146 valence electrons. The molecule has 0 aliphatic carbocycles. The van der Waals surface area contributed by atoms with Gasteiger partial charge in [-0.2, -0.15) is 0 Å². The lowest BCUT2D eigenvalue weighted by molar-refractivity contribution is -0.147. The molecule has 1 saturated heterocycles. The Morgan fingerprint density at radius 2 is 1.92 bits per heavy atom. The summed E-state index contributed by atoms with van der Waals surface area (Å²) >= 11 is 1.88. The van der Waals surface area contributed by atoms with E-state index in [1.165, 1.54) is 5.56 Å². The smallest absolute Gasteiger partial charge is 0.324 e. The number of piperidine rings is 1. The fourth-order valence-corrected chi connectivity index (χ4v) is 4.84. The van der Waals surface area contributed by atoms with Gasteiger partial charge in [0.15, 0.2) is 0 Å². The molecule has 6 heteroatoms. The number of nitrogens with zero attached hydrogens (tertiary/aromatic N) is 1. The Balaban J connectivity index is 2.17. The van der Waals surface area contributed by atoms with E-state index in [-0.39, 0.29) is 16.8 Å². The van der Waals surface area contributed by atoms with Crippen LogP contribution in [0.1, 0.15) is 32.3 Å². The Kier molecular flexibility index (Phi) is 8.25. The van der Waals surface area contributed by atoms with Gasteiger partial charge in [-0.25, -0.2) is 0 Å². The summed E-state index contributed by atoms with van der Waals surface area (Å²) < 4.78 is 10.5. The number of hydrogen-bond acceptors (Lipinski definition) is 6. The molecule has 26 heavy (non-hydrogen) atoms. The van der Waals surface area contributed by atoms with Crippen LogP contribution in [-0.4, -0.2) is 62.1 Å². The Morgan fingerprint density at radius 3 is 2.46 bits per heavy atom. The van der Waals surface area contributed by atoms with Gasteiger partial charge >= 0.3 is 5.97 Å². The van der Waals surface area contributed by atoms with E-state index < -0.39 is 0 Å². The molecule has 0 aromatic heterocycles. The van der Waals surface area contributed by atoms with Crippen molar-refractivity contribution in [3.63, 3.8) is 0 Å². The number of benzene rings is 1. The quantitative estimate of drug-likeness (QED) is 0.665. The molecular weight excluding hydrogens is 348 g/mol. The molecule has 2 rings (SSSR count). The van der Waals surface area contributed by atoms with Crippen molar-refractivity contribution in [2.24, 2.45) is 0 Å². The summed E-state index contributed by atoms with van der Waals surface area (Å²) in [4.78, 5) is 15.0. The zero-order valence-corrected chi connectivity index (χ0v) is 17.2. The molecular formula is C20H32N2O3S. The van der Waals surface area contributed by atoms with Crippen molar-refractivity contribution in [2.45, 2.75) is 43.2 Å². The zero-order chi connectivity index (χ0) is 19.0. The third kappa shape index (κ3) is 5.38. The largest absolute Gasteiger partial charge is 0.497 e. The normalized spacial score (nSPS) is 18.3. The number of methoxy groups -OCH3 is 1. The number of carbonyl (C=O) groups excluding carboxylic acids is 1. The number of thioether (sulfide) groups is 1. The summed E-state index contributed by atoms with van der Waals surface area (Å²) in [5.41, 5.74) is 1.24.